The minimum Gasteiger partial charge on any atom is -0.508 e. The zero-order valence-electron chi connectivity index (χ0n) is 29.3. The molecule has 0 spiro atoms. The fraction of sp³-hybridized carbons (Fsp3) is 0.525. The largest absolute Gasteiger partial charge is 0.508 e. The number of fused-ring (bicyclic) bond motifs is 4. The number of piperidine rings is 1. The number of hydrogen-bond acceptors (Lipinski definition) is 10. The van der Waals surface area contributed by atoms with Crippen LogP contribution >= 0.6 is 0 Å². The summed E-state index contributed by atoms with van der Waals surface area (Å²) < 4.78 is 49.9. The zero-order valence-corrected chi connectivity index (χ0v) is 29.3. The molecule has 2 saturated carbocycles. The summed E-state index contributed by atoms with van der Waals surface area (Å²) in [5.41, 5.74) is -1.36. The quantitative estimate of drug-likeness (QED) is 0.245. The number of rotatable bonds is 7. The highest BCUT2D eigenvalue weighted by molar-refractivity contribution is 6.03. The summed E-state index contributed by atoms with van der Waals surface area (Å²) in [5.74, 6) is 3.30. The van der Waals surface area contributed by atoms with Gasteiger partial charge in [-0.1, -0.05) is 18.4 Å². The van der Waals surface area contributed by atoms with E-state index in [1.54, 1.807) is 6.92 Å². The van der Waals surface area contributed by atoms with Crippen molar-refractivity contribution in [2.24, 2.45) is 23.2 Å². The number of terminal acetylenes is 1. The molecule has 3 aliphatic heterocycles. The fourth-order valence-corrected chi connectivity index (χ4v) is 9.79. The molecule has 272 valence electrons. The Kier molecular flexibility index (Phi) is 8.26. The maximum absolute atomic E-state index is 17.1. The van der Waals surface area contributed by atoms with Crippen LogP contribution in [-0.4, -0.2) is 101 Å². The van der Waals surface area contributed by atoms with E-state index >= 15 is 4.39 Å². The number of likely N-dealkylation sites (tertiary alicyclic amines) is 1. The molecule has 5 fully saturated rings. The Morgan fingerprint density at radius 3 is 2.75 bits per heavy atom. The van der Waals surface area contributed by atoms with Gasteiger partial charge in [0.25, 0.3) is 0 Å². The third-order valence-electron chi connectivity index (χ3n) is 12.3. The van der Waals surface area contributed by atoms with Gasteiger partial charge < -0.3 is 29.3 Å². The van der Waals surface area contributed by atoms with Gasteiger partial charge in [-0.25, -0.2) is 8.78 Å². The van der Waals surface area contributed by atoms with Crippen molar-refractivity contribution in [2.45, 2.75) is 50.7 Å². The number of aromatic hydroxyl groups is 1. The molecule has 2 aromatic heterocycles. The van der Waals surface area contributed by atoms with Crippen molar-refractivity contribution < 1.29 is 33.2 Å². The summed E-state index contributed by atoms with van der Waals surface area (Å²) >= 11 is 0. The first kappa shape index (κ1) is 33.7. The topological polar surface area (TPSA) is 113 Å². The van der Waals surface area contributed by atoms with E-state index in [2.05, 4.69) is 20.8 Å². The number of halogens is 2. The third-order valence-corrected chi connectivity index (χ3v) is 12.3. The predicted octanol–water partition coefficient (Wildman–Crippen LogP) is 5.30. The Balaban J connectivity index is 1.11. The lowest BCUT2D eigenvalue weighted by Gasteiger charge is -2.46. The maximum atomic E-state index is 17.1. The van der Waals surface area contributed by atoms with Crippen molar-refractivity contribution in [2.75, 3.05) is 64.1 Å². The van der Waals surface area contributed by atoms with Gasteiger partial charge in [-0.3, -0.25) is 9.88 Å². The predicted molar refractivity (Wildman–Crippen MR) is 191 cm³/mol. The molecular formula is C40H43F2N5O5. The summed E-state index contributed by atoms with van der Waals surface area (Å²) in [4.78, 5) is 18.6. The average molecular weight is 712 g/mol. The first-order valence-corrected chi connectivity index (χ1v) is 18.4. The van der Waals surface area contributed by atoms with Crippen molar-refractivity contribution >= 4 is 27.5 Å². The van der Waals surface area contributed by atoms with Crippen LogP contribution in [0.5, 0.6) is 11.8 Å². The molecular weight excluding hydrogens is 668 g/mol. The Bertz CT molecular complexity index is 2100. The van der Waals surface area contributed by atoms with Crippen molar-refractivity contribution in [1.82, 2.24) is 19.9 Å². The van der Waals surface area contributed by atoms with Crippen molar-refractivity contribution in [3.05, 3.63) is 47.7 Å². The number of aromatic nitrogens is 3. The van der Waals surface area contributed by atoms with Gasteiger partial charge in [0.2, 0.25) is 0 Å². The SMILES string of the molecule is C#Cc1c(F)ccc2cc(O)cc(-c3ncc4c(N5CCOCC(C)(O)C5)nc(OCC56CCCC5N(CC5C7COCC75)CCC6)nc4c3F)c12. The van der Waals surface area contributed by atoms with Crippen molar-refractivity contribution in [1.29, 1.82) is 0 Å². The van der Waals surface area contributed by atoms with Crippen LogP contribution in [0.1, 0.15) is 44.6 Å². The van der Waals surface area contributed by atoms with Gasteiger partial charge in [0, 0.05) is 41.7 Å². The molecule has 0 bridgehead atoms. The van der Waals surface area contributed by atoms with Crippen LogP contribution in [0.15, 0.2) is 30.5 Å². The van der Waals surface area contributed by atoms with Crippen LogP contribution in [0.2, 0.25) is 0 Å². The second kappa shape index (κ2) is 12.8. The molecule has 0 amide bonds. The third kappa shape index (κ3) is 5.73. The molecule has 4 aromatic rings. The monoisotopic (exact) mass is 711 g/mol. The number of aliphatic hydroxyl groups is 1. The molecule has 3 saturated heterocycles. The minimum absolute atomic E-state index is 0.0329. The van der Waals surface area contributed by atoms with E-state index in [-0.39, 0.29) is 58.1 Å². The number of hydrogen-bond donors (Lipinski definition) is 2. The van der Waals surface area contributed by atoms with Gasteiger partial charge in [0.05, 0.1) is 50.5 Å². The number of anilines is 1. The van der Waals surface area contributed by atoms with Crippen LogP contribution < -0.4 is 9.64 Å². The number of phenolic OH excluding ortho intramolecular Hbond substituents is 1. The van der Waals surface area contributed by atoms with Crippen molar-refractivity contribution in [3.63, 3.8) is 0 Å². The highest BCUT2D eigenvalue weighted by atomic mass is 19.1. The molecule has 5 atom stereocenters. The summed E-state index contributed by atoms with van der Waals surface area (Å²) in [6.07, 6.45) is 12.6. The van der Waals surface area contributed by atoms with Crippen LogP contribution in [0.25, 0.3) is 32.9 Å². The molecule has 12 heteroatoms. The van der Waals surface area contributed by atoms with Gasteiger partial charge >= 0.3 is 6.01 Å². The van der Waals surface area contributed by atoms with Crippen LogP contribution in [0.4, 0.5) is 14.6 Å². The van der Waals surface area contributed by atoms with Crippen LogP contribution in [0.3, 0.4) is 0 Å². The number of benzene rings is 2. The van der Waals surface area contributed by atoms with Crippen LogP contribution in [0, 0.1) is 47.1 Å². The first-order valence-electron chi connectivity index (χ1n) is 18.4. The highest BCUT2D eigenvalue weighted by Gasteiger charge is 2.56. The molecule has 52 heavy (non-hydrogen) atoms. The Labute approximate surface area is 301 Å². The lowest BCUT2D eigenvalue weighted by molar-refractivity contribution is -0.0123. The van der Waals surface area contributed by atoms with Gasteiger partial charge in [0.15, 0.2) is 5.82 Å². The minimum atomic E-state index is -1.19. The molecule has 5 aliphatic rings. The molecule has 9 rings (SSSR count). The first-order chi connectivity index (χ1) is 25.1. The summed E-state index contributed by atoms with van der Waals surface area (Å²) in [7, 11) is 0. The standard InChI is InChI=1S/C40H43F2N5O5/c1-3-25-31(41)8-7-23-14-24(48)15-26(33(23)25)35-34(42)36-27(16-43-35)37(47-12-13-50-21-39(2,49)20-47)45-38(44-36)52-22-40-9-4-6-32(40)46(11-5-10-40)17-28-29-18-51-19-30(28)29/h1,7-8,14-16,28-30,32,48-49H,4-6,9-13,17-22H2,2H3. The smallest absolute Gasteiger partial charge is 0.319 e. The van der Waals surface area contributed by atoms with E-state index in [9.17, 15) is 14.6 Å². The average Bonchev–Trinajstić information content (AvgIpc) is 3.40. The number of phenols is 1. The van der Waals surface area contributed by atoms with Gasteiger partial charge in [-0.05, 0) is 80.5 Å². The Morgan fingerprint density at radius 1 is 1.10 bits per heavy atom. The molecule has 2 aromatic carbocycles. The summed E-state index contributed by atoms with van der Waals surface area (Å²) in [5, 5.41) is 22.7. The molecule has 5 unspecified atom stereocenters. The van der Waals surface area contributed by atoms with Crippen molar-refractivity contribution in [3.8, 4) is 35.4 Å². The van der Waals surface area contributed by atoms with E-state index in [0.717, 1.165) is 64.3 Å². The maximum Gasteiger partial charge on any atom is 0.319 e. The molecule has 10 nitrogen and oxygen atoms in total. The lowest BCUT2D eigenvalue weighted by atomic mass is 9.75. The van der Waals surface area contributed by atoms with Gasteiger partial charge in [0.1, 0.15) is 34.2 Å². The van der Waals surface area contributed by atoms with Gasteiger partial charge in [-0.2, -0.15) is 9.97 Å². The van der Waals surface area contributed by atoms with E-state index in [0.29, 0.717) is 54.2 Å². The second-order valence-corrected chi connectivity index (χ2v) is 15.8. The molecule has 5 heterocycles. The van der Waals surface area contributed by atoms with E-state index in [1.807, 2.05) is 4.90 Å². The summed E-state index contributed by atoms with van der Waals surface area (Å²) in [6.45, 7) is 7.11. The fourth-order valence-electron chi connectivity index (χ4n) is 9.79. The number of pyridine rings is 1. The zero-order chi connectivity index (χ0) is 35.8. The molecule has 2 aliphatic carbocycles. The number of β-amino-alcohol motifs (C(OH)–C–C–N with tert-alkyl or cyclic N) is 1. The number of nitrogens with zero attached hydrogens (tertiary/aromatic N) is 5. The van der Waals surface area contributed by atoms with E-state index in [1.165, 1.54) is 30.5 Å². The molecule has 0 radical (unpaired) electrons. The van der Waals surface area contributed by atoms with Gasteiger partial charge in [-0.15, -0.1) is 6.42 Å². The lowest BCUT2D eigenvalue weighted by Crippen LogP contribution is -2.52. The summed E-state index contributed by atoms with van der Waals surface area (Å²) in [6, 6.07) is 5.92. The number of ether oxygens (including phenoxy) is 3. The normalized spacial score (nSPS) is 30.2. The Morgan fingerprint density at radius 2 is 1.92 bits per heavy atom. The highest BCUT2D eigenvalue weighted by Crippen LogP contribution is 2.54. The van der Waals surface area contributed by atoms with E-state index < -0.39 is 17.2 Å². The molecule has 2 N–H and O–H groups in total. The second-order valence-electron chi connectivity index (χ2n) is 15.8. The van der Waals surface area contributed by atoms with E-state index in [4.69, 9.17) is 25.6 Å². The Hall–Kier alpha value is -4.15. The van der Waals surface area contributed by atoms with Crippen LogP contribution in [-0.2, 0) is 9.47 Å².